The third-order valence-corrected chi connectivity index (χ3v) is 1.97. The molecule has 1 rings (SSSR count). The fourth-order valence-electron chi connectivity index (χ4n) is 1.28. The van der Waals surface area contributed by atoms with Crippen molar-refractivity contribution < 1.29 is 4.79 Å². The minimum absolute atomic E-state index is 0.00791. The molecule has 1 amide bonds. The average Bonchev–Trinajstić information content (AvgIpc) is 2.48. The van der Waals surface area contributed by atoms with Crippen LogP contribution in [0.15, 0.2) is 6.07 Å². The standard InChI is InChI=1S/C11H19N3O/c1-5-8-6-9(14-13-8)12-10(15)7-11(2,3)4/h6H,5,7H2,1-4H3,(H2,12,13,14,15). The quantitative estimate of drug-likeness (QED) is 0.802. The van der Waals surface area contributed by atoms with Gasteiger partial charge in [0.15, 0.2) is 5.82 Å². The summed E-state index contributed by atoms with van der Waals surface area (Å²) in [6.45, 7) is 8.14. The summed E-state index contributed by atoms with van der Waals surface area (Å²) in [4.78, 5) is 11.6. The van der Waals surface area contributed by atoms with Crippen molar-refractivity contribution in [1.29, 1.82) is 0 Å². The second-order valence-corrected chi connectivity index (χ2v) is 4.92. The van der Waals surface area contributed by atoms with Gasteiger partial charge in [0.2, 0.25) is 5.91 Å². The number of anilines is 1. The highest BCUT2D eigenvalue weighted by Crippen LogP contribution is 2.19. The van der Waals surface area contributed by atoms with Gasteiger partial charge in [-0.25, -0.2) is 0 Å². The lowest BCUT2D eigenvalue weighted by Gasteiger charge is -2.16. The van der Waals surface area contributed by atoms with Gasteiger partial charge < -0.3 is 5.32 Å². The number of nitrogens with zero attached hydrogens (tertiary/aromatic N) is 1. The van der Waals surface area contributed by atoms with Gasteiger partial charge in [-0.3, -0.25) is 9.89 Å². The van der Waals surface area contributed by atoms with Gasteiger partial charge in [-0.05, 0) is 11.8 Å². The number of amides is 1. The summed E-state index contributed by atoms with van der Waals surface area (Å²) < 4.78 is 0. The van der Waals surface area contributed by atoms with Crippen molar-refractivity contribution in [3.8, 4) is 0 Å². The van der Waals surface area contributed by atoms with Crippen LogP contribution in [-0.2, 0) is 11.2 Å². The lowest BCUT2D eigenvalue weighted by atomic mass is 9.92. The zero-order chi connectivity index (χ0) is 11.5. The van der Waals surface area contributed by atoms with Crippen molar-refractivity contribution in [2.75, 3.05) is 5.32 Å². The molecule has 1 aromatic heterocycles. The number of rotatable bonds is 3. The largest absolute Gasteiger partial charge is 0.309 e. The molecule has 15 heavy (non-hydrogen) atoms. The molecule has 0 aliphatic rings. The molecule has 0 radical (unpaired) electrons. The van der Waals surface area contributed by atoms with E-state index in [9.17, 15) is 4.79 Å². The van der Waals surface area contributed by atoms with E-state index in [4.69, 9.17) is 0 Å². The van der Waals surface area contributed by atoms with E-state index in [-0.39, 0.29) is 11.3 Å². The minimum Gasteiger partial charge on any atom is -0.309 e. The van der Waals surface area contributed by atoms with E-state index >= 15 is 0 Å². The maximum atomic E-state index is 11.6. The molecule has 0 saturated carbocycles. The van der Waals surface area contributed by atoms with Gasteiger partial charge in [0.1, 0.15) is 0 Å². The summed E-state index contributed by atoms with van der Waals surface area (Å²) in [5.41, 5.74) is 1.04. The summed E-state index contributed by atoms with van der Waals surface area (Å²) in [5, 5.41) is 9.63. The molecule has 0 unspecified atom stereocenters. The lowest BCUT2D eigenvalue weighted by molar-refractivity contribution is -0.117. The predicted molar refractivity (Wildman–Crippen MR) is 60.7 cm³/mol. The van der Waals surface area contributed by atoms with Crippen LogP contribution >= 0.6 is 0 Å². The first-order valence-electron chi connectivity index (χ1n) is 5.25. The molecule has 1 aromatic rings. The summed E-state index contributed by atoms with van der Waals surface area (Å²) in [5.74, 6) is 0.623. The van der Waals surface area contributed by atoms with Gasteiger partial charge in [-0.2, -0.15) is 5.10 Å². The molecule has 0 fully saturated rings. The van der Waals surface area contributed by atoms with Crippen LogP contribution in [0.25, 0.3) is 0 Å². The highest BCUT2D eigenvalue weighted by atomic mass is 16.1. The van der Waals surface area contributed by atoms with Crippen molar-refractivity contribution in [3.05, 3.63) is 11.8 Å². The number of aryl methyl sites for hydroxylation is 1. The number of carbonyl (C=O) groups is 1. The van der Waals surface area contributed by atoms with Crippen molar-refractivity contribution in [3.63, 3.8) is 0 Å². The predicted octanol–water partition coefficient (Wildman–Crippen LogP) is 2.35. The van der Waals surface area contributed by atoms with Gasteiger partial charge in [0.05, 0.1) is 0 Å². The molecule has 4 nitrogen and oxygen atoms in total. The normalized spacial score (nSPS) is 11.5. The highest BCUT2D eigenvalue weighted by molar-refractivity contribution is 5.90. The Kier molecular flexibility index (Phi) is 3.50. The average molecular weight is 209 g/mol. The van der Waals surface area contributed by atoms with Crippen LogP contribution in [0, 0.1) is 5.41 Å². The molecule has 0 aromatic carbocycles. The van der Waals surface area contributed by atoms with E-state index in [0.717, 1.165) is 12.1 Å². The minimum atomic E-state index is 0.00791. The van der Waals surface area contributed by atoms with Crippen molar-refractivity contribution in [1.82, 2.24) is 10.2 Å². The topological polar surface area (TPSA) is 57.8 Å². The Morgan fingerprint density at radius 1 is 1.53 bits per heavy atom. The van der Waals surface area contributed by atoms with Crippen LogP contribution in [-0.4, -0.2) is 16.1 Å². The molecule has 1 heterocycles. The smallest absolute Gasteiger partial charge is 0.226 e. The number of aromatic nitrogens is 2. The second-order valence-electron chi connectivity index (χ2n) is 4.92. The Labute approximate surface area is 90.5 Å². The molecule has 2 N–H and O–H groups in total. The first-order valence-corrected chi connectivity index (χ1v) is 5.25. The summed E-state index contributed by atoms with van der Waals surface area (Å²) in [7, 11) is 0. The van der Waals surface area contributed by atoms with Crippen LogP contribution in [0.3, 0.4) is 0 Å². The second kappa shape index (κ2) is 4.47. The molecular weight excluding hydrogens is 190 g/mol. The fourth-order valence-corrected chi connectivity index (χ4v) is 1.28. The Hall–Kier alpha value is -1.32. The Balaban J connectivity index is 2.51. The number of hydrogen-bond acceptors (Lipinski definition) is 2. The van der Waals surface area contributed by atoms with Gasteiger partial charge in [-0.1, -0.05) is 27.7 Å². The van der Waals surface area contributed by atoms with Gasteiger partial charge in [-0.15, -0.1) is 0 Å². The fraction of sp³-hybridized carbons (Fsp3) is 0.636. The van der Waals surface area contributed by atoms with Crippen molar-refractivity contribution in [2.24, 2.45) is 5.41 Å². The van der Waals surface area contributed by atoms with Crippen LogP contribution in [0.2, 0.25) is 0 Å². The lowest BCUT2D eigenvalue weighted by Crippen LogP contribution is -2.19. The molecule has 0 bridgehead atoms. The zero-order valence-electron chi connectivity index (χ0n) is 9.85. The third kappa shape index (κ3) is 4.14. The van der Waals surface area contributed by atoms with Crippen LogP contribution in [0.5, 0.6) is 0 Å². The van der Waals surface area contributed by atoms with Gasteiger partial charge >= 0.3 is 0 Å². The van der Waals surface area contributed by atoms with E-state index in [1.165, 1.54) is 0 Å². The number of hydrogen-bond donors (Lipinski definition) is 2. The molecule has 0 aliphatic carbocycles. The van der Waals surface area contributed by atoms with E-state index in [0.29, 0.717) is 12.2 Å². The summed E-state index contributed by atoms with van der Waals surface area (Å²) in [6, 6.07) is 1.86. The van der Waals surface area contributed by atoms with Gasteiger partial charge in [0, 0.05) is 18.2 Å². The van der Waals surface area contributed by atoms with E-state index in [1.54, 1.807) is 0 Å². The Bertz CT molecular complexity index is 336. The number of H-pyrrole nitrogens is 1. The number of nitrogens with one attached hydrogen (secondary N) is 2. The zero-order valence-corrected chi connectivity index (χ0v) is 9.85. The molecule has 4 heteroatoms. The summed E-state index contributed by atoms with van der Waals surface area (Å²) in [6.07, 6.45) is 1.39. The van der Waals surface area contributed by atoms with Crippen LogP contribution in [0.1, 0.15) is 39.8 Å². The number of aromatic amines is 1. The summed E-state index contributed by atoms with van der Waals surface area (Å²) >= 11 is 0. The maximum Gasteiger partial charge on any atom is 0.226 e. The molecular formula is C11H19N3O. The molecule has 0 atom stereocenters. The third-order valence-electron chi connectivity index (χ3n) is 1.97. The SMILES string of the molecule is CCc1cc(NC(=O)CC(C)(C)C)n[nH]1. The highest BCUT2D eigenvalue weighted by Gasteiger charge is 2.16. The first-order chi connectivity index (χ1) is 6.90. The number of carbonyl (C=O) groups excluding carboxylic acids is 1. The monoisotopic (exact) mass is 209 g/mol. The van der Waals surface area contributed by atoms with Crippen molar-refractivity contribution in [2.45, 2.75) is 40.5 Å². The van der Waals surface area contributed by atoms with E-state index in [1.807, 2.05) is 33.8 Å². The molecule has 0 saturated heterocycles. The van der Waals surface area contributed by atoms with Crippen LogP contribution < -0.4 is 5.32 Å². The Morgan fingerprint density at radius 2 is 2.20 bits per heavy atom. The molecule has 0 aliphatic heterocycles. The first kappa shape index (κ1) is 11.8. The molecule has 84 valence electrons. The molecule has 0 spiro atoms. The van der Waals surface area contributed by atoms with Gasteiger partial charge in [0.25, 0.3) is 0 Å². The van der Waals surface area contributed by atoms with Crippen LogP contribution in [0.4, 0.5) is 5.82 Å². The Morgan fingerprint density at radius 3 is 2.67 bits per heavy atom. The maximum absolute atomic E-state index is 11.6. The van der Waals surface area contributed by atoms with E-state index < -0.39 is 0 Å². The van der Waals surface area contributed by atoms with E-state index in [2.05, 4.69) is 15.5 Å². The van der Waals surface area contributed by atoms with Crippen molar-refractivity contribution >= 4 is 11.7 Å².